The van der Waals surface area contributed by atoms with E-state index in [0.717, 1.165) is 0 Å². The fourth-order valence-electron chi connectivity index (χ4n) is 0.0707. The van der Waals surface area contributed by atoms with E-state index in [9.17, 15) is 0 Å². The summed E-state index contributed by atoms with van der Waals surface area (Å²) in [5.41, 5.74) is 0. The Morgan fingerprint density at radius 3 is 1.33 bits per heavy atom. The van der Waals surface area contributed by atoms with Gasteiger partial charge in [-0.3, -0.25) is 0 Å². The van der Waals surface area contributed by atoms with E-state index >= 15 is 0 Å². The lowest BCUT2D eigenvalue weighted by Gasteiger charge is -1.79. The highest BCUT2D eigenvalue weighted by Gasteiger charge is 1.70. The number of hydrogen-bond acceptors (Lipinski definition) is 2. The Labute approximate surface area is 39.4 Å². The summed E-state index contributed by atoms with van der Waals surface area (Å²) >= 11 is 0. The highest BCUT2D eigenvalue weighted by atomic mass is 16.3. The van der Waals surface area contributed by atoms with Crippen molar-refractivity contribution >= 4 is 8.41 Å². The van der Waals surface area contributed by atoms with Crippen LogP contribution < -0.4 is 0 Å². The van der Waals surface area contributed by atoms with Crippen LogP contribution in [0.3, 0.4) is 0 Å². The lowest BCUT2D eigenvalue weighted by molar-refractivity contribution is 0.221. The molecule has 6 heavy (non-hydrogen) atoms. The summed E-state index contributed by atoms with van der Waals surface area (Å²) in [6, 6.07) is 0. The molecule has 0 bridgehead atoms. The molecule has 0 atom stereocenters. The first kappa shape index (κ1) is 9.37. The van der Waals surface area contributed by atoms with E-state index in [-0.39, 0.29) is 21.6 Å². The molecule has 0 unspecified atom stereocenters. The molecular formula is C3H8BO2. The summed E-state index contributed by atoms with van der Waals surface area (Å²) in [5.74, 6) is 0. The van der Waals surface area contributed by atoms with Crippen LogP contribution in [0.25, 0.3) is 0 Å². The summed E-state index contributed by atoms with van der Waals surface area (Å²) in [7, 11) is 0. The van der Waals surface area contributed by atoms with Crippen LogP contribution in [0.15, 0.2) is 0 Å². The van der Waals surface area contributed by atoms with Crippen molar-refractivity contribution in [2.75, 3.05) is 13.2 Å². The molecule has 0 rings (SSSR count). The highest BCUT2D eigenvalue weighted by molar-refractivity contribution is 5.75. The van der Waals surface area contributed by atoms with Gasteiger partial charge in [0.15, 0.2) is 0 Å². The molecule has 0 aliphatic rings. The van der Waals surface area contributed by atoms with Gasteiger partial charge in [-0.05, 0) is 6.42 Å². The minimum atomic E-state index is 0. The zero-order valence-corrected chi connectivity index (χ0v) is 3.59. The third kappa shape index (κ3) is 9.01. The molecule has 0 heterocycles. The molecule has 0 aliphatic carbocycles. The van der Waals surface area contributed by atoms with E-state index in [1.165, 1.54) is 0 Å². The maximum atomic E-state index is 7.91. The van der Waals surface area contributed by atoms with Crippen LogP contribution in [-0.4, -0.2) is 31.8 Å². The Morgan fingerprint density at radius 2 is 1.33 bits per heavy atom. The molecule has 35 valence electrons. The van der Waals surface area contributed by atoms with Crippen molar-refractivity contribution in [2.24, 2.45) is 0 Å². The first-order valence-corrected chi connectivity index (χ1v) is 1.63. The van der Waals surface area contributed by atoms with Crippen molar-refractivity contribution in [2.45, 2.75) is 6.42 Å². The zero-order chi connectivity index (χ0) is 4.12. The van der Waals surface area contributed by atoms with Crippen LogP contribution in [0.5, 0.6) is 0 Å². The monoisotopic (exact) mass is 87.1 g/mol. The van der Waals surface area contributed by atoms with Crippen LogP contribution in [-0.2, 0) is 0 Å². The van der Waals surface area contributed by atoms with Crippen molar-refractivity contribution in [1.29, 1.82) is 0 Å². The maximum absolute atomic E-state index is 7.91. The molecule has 0 aliphatic heterocycles. The minimum absolute atomic E-state index is 0. The Bertz CT molecular complexity index is 16.3. The second-order valence-electron chi connectivity index (χ2n) is 0.801. The molecule has 0 saturated carbocycles. The van der Waals surface area contributed by atoms with Crippen molar-refractivity contribution in [3.05, 3.63) is 0 Å². The van der Waals surface area contributed by atoms with Crippen LogP contribution >= 0.6 is 0 Å². The second-order valence-corrected chi connectivity index (χ2v) is 0.801. The van der Waals surface area contributed by atoms with Gasteiger partial charge in [0, 0.05) is 21.6 Å². The van der Waals surface area contributed by atoms with E-state index in [0.29, 0.717) is 6.42 Å². The smallest absolute Gasteiger partial charge is 0.0452 e. The normalized spacial score (nSPS) is 7.00. The lowest BCUT2D eigenvalue weighted by Crippen LogP contribution is -1.85. The van der Waals surface area contributed by atoms with Gasteiger partial charge in [0.2, 0.25) is 0 Å². The number of rotatable bonds is 2. The summed E-state index contributed by atoms with van der Waals surface area (Å²) in [6.07, 6.45) is 0.500. The van der Waals surface area contributed by atoms with Crippen molar-refractivity contribution < 1.29 is 10.2 Å². The van der Waals surface area contributed by atoms with Crippen LogP contribution in [0.4, 0.5) is 0 Å². The first-order valence-electron chi connectivity index (χ1n) is 1.63. The Kier molecular flexibility index (Phi) is 13.9. The van der Waals surface area contributed by atoms with Crippen LogP contribution in [0.1, 0.15) is 6.42 Å². The second kappa shape index (κ2) is 8.88. The molecule has 3 radical (unpaired) electrons. The Morgan fingerprint density at radius 1 is 1.00 bits per heavy atom. The SMILES string of the molecule is OCCCO.[B]. The van der Waals surface area contributed by atoms with Gasteiger partial charge in [0.05, 0.1) is 0 Å². The van der Waals surface area contributed by atoms with E-state index in [1.54, 1.807) is 0 Å². The molecular weight excluding hydrogens is 78.8 g/mol. The average Bonchev–Trinajstić information content (AvgIpc) is 1.41. The molecule has 3 heteroatoms. The molecule has 2 N–H and O–H groups in total. The van der Waals surface area contributed by atoms with Gasteiger partial charge >= 0.3 is 0 Å². The topological polar surface area (TPSA) is 40.5 Å². The molecule has 0 saturated heterocycles. The van der Waals surface area contributed by atoms with Crippen molar-refractivity contribution in [3.8, 4) is 0 Å². The van der Waals surface area contributed by atoms with E-state index in [4.69, 9.17) is 10.2 Å². The number of aliphatic hydroxyl groups is 2. The lowest BCUT2D eigenvalue weighted by atomic mass is 10.5. The summed E-state index contributed by atoms with van der Waals surface area (Å²) in [4.78, 5) is 0. The van der Waals surface area contributed by atoms with Crippen molar-refractivity contribution in [3.63, 3.8) is 0 Å². The summed E-state index contributed by atoms with van der Waals surface area (Å²) < 4.78 is 0. The molecule has 0 aromatic rings. The first-order chi connectivity index (χ1) is 2.41. The number of hydrogen-bond donors (Lipinski definition) is 2. The number of aliphatic hydroxyl groups excluding tert-OH is 2. The highest BCUT2D eigenvalue weighted by Crippen LogP contribution is 1.65. The van der Waals surface area contributed by atoms with E-state index < -0.39 is 0 Å². The molecule has 0 spiro atoms. The Hall–Kier alpha value is -0.0151. The van der Waals surface area contributed by atoms with Gasteiger partial charge in [-0.15, -0.1) is 0 Å². The summed E-state index contributed by atoms with van der Waals surface area (Å²) in [5, 5.41) is 15.8. The fourth-order valence-corrected chi connectivity index (χ4v) is 0.0707. The fraction of sp³-hybridized carbons (Fsp3) is 1.00. The van der Waals surface area contributed by atoms with Crippen LogP contribution in [0, 0.1) is 0 Å². The quantitative estimate of drug-likeness (QED) is 0.423. The molecule has 0 amide bonds. The molecule has 0 aromatic carbocycles. The van der Waals surface area contributed by atoms with Gasteiger partial charge in [0.25, 0.3) is 0 Å². The standard InChI is InChI=1S/C3H8O2.B/c4-2-1-3-5;/h4-5H,1-3H2;. The van der Waals surface area contributed by atoms with E-state index in [2.05, 4.69) is 0 Å². The Balaban J connectivity index is 0. The van der Waals surface area contributed by atoms with Crippen molar-refractivity contribution in [1.82, 2.24) is 0 Å². The largest absolute Gasteiger partial charge is 0.396 e. The summed E-state index contributed by atoms with van der Waals surface area (Å²) in [6.45, 7) is 0.188. The zero-order valence-electron chi connectivity index (χ0n) is 3.59. The third-order valence-corrected chi connectivity index (χ3v) is 0.316. The maximum Gasteiger partial charge on any atom is 0.0452 e. The van der Waals surface area contributed by atoms with Gasteiger partial charge in [-0.25, -0.2) is 0 Å². The molecule has 0 fully saturated rings. The minimum Gasteiger partial charge on any atom is -0.396 e. The van der Waals surface area contributed by atoms with E-state index in [1.807, 2.05) is 0 Å². The van der Waals surface area contributed by atoms with Gasteiger partial charge in [-0.1, -0.05) is 0 Å². The average molecular weight is 86.9 g/mol. The third-order valence-electron chi connectivity index (χ3n) is 0.316. The predicted molar refractivity (Wildman–Crippen MR) is 24.5 cm³/mol. The van der Waals surface area contributed by atoms with Gasteiger partial charge in [0.1, 0.15) is 0 Å². The van der Waals surface area contributed by atoms with Crippen LogP contribution in [0.2, 0.25) is 0 Å². The molecule has 2 nitrogen and oxygen atoms in total. The van der Waals surface area contributed by atoms with Gasteiger partial charge in [-0.2, -0.15) is 0 Å². The molecule has 0 aromatic heterocycles. The van der Waals surface area contributed by atoms with Gasteiger partial charge < -0.3 is 10.2 Å². The predicted octanol–water partition coefficient (Wildman–Crippen LogP) is -1.02.